The molecule has 0 amide bonds. The fraction of sp³-hybridized carbons (Fsp3) is 0.267. The van der Waals surface area contributed by atoms with Gasteiger partial charge in [-0.05, 0) is 24.6 Å². The van der Waals surface area contributed by atoms with Gasteiger partial charge in [-0.25, -0.2) is 14.8 Å². The van der Waals surface area contributed by atoms with Crippen LogP contribution in [-0.2, 0) is 13.0 Å². The minimum Gasteiger partial charge on any atom is -0.478 e. The Morgan fingerprint density at radius 3 is 3.00 bits per heavy atom. The van der Waals surface area contributed by atoms with Crippen LogP contribution in [0.3, 0.4) is 0 Å². The number of benzene rings is 1. The second-order valence-electron chi connectivity index (χ2n) is 5.18. The molecule has 108 valence electrons. The van der Waals surface area contributed by atoms with Gasteiger partial charge >= 0.3 is 5.97 Å². The van der Waals surface area contributed by atoms with Crippen LogP contribution in [0.5, 0.6) is 0 Å². The number of aryl methyl sites for hydroxylation is 1. The Hall–Kier alpha value is -2.63. The number of carboxylic acid groups (broad SMARTS) is 1. The van der Waals surface area contributed by atoms with Gasteiger partial charge in [-0.3, -0.25) is 0 Å². The first-order chi connectivity index (χ1) is 10.0. The second kappa shape index (κ2) is 5.05. The fourth-order valence-electron chi connectivity index (χ4n) is 2.62. The molecule has 1 aliphatic rings. The third-order valence-electron chi connectivity index (χ3n) is 3.75. The lowest BCUT2D eigenvalue weighted by Gasteiger charge is -2.31. The number of nitrogen functional groups attached to an aromatic ring is 1. The highest BCUT2D eigenvalue weighted by molar-refractivity contribution is 5.89. The van der Waals surface area contributed by atoms with E-state index in [0.29, 0.717) is 18.1 Å². The lowest BCUT2D eigenvalue weighted by molar-refractivity contribution is 0.0697. The highest BCUT2D eigenvalue weighted by atomic mass is 16.4. The van der Waals surface area contributed by atoms with Crippen LogP contribution in [0.1, 0.15) is 27.2 Å². The molecule has 0 fully saturated rings. The summed E-state index contributed by atoms with van der Waals surface area (Å²) in [5, 5.41) is 9.13. The largest absolute Gasteiger partial charge is 0.478 e. The first-order valence-corrected chi connectivity index (χ1v) is 6.74. The molecule has 0 bridgehead atoms. The summed E-state index contributed by atoms with van der Waals surface area (Å²) in [6.45, 7) is 3.43. The molecule has 21 heavy (non-hydrogen) atoms. The number of aromatic carboxylic acids is 1. The Labute approximate surface area is 122 Å². The number of carboxylic acids is 1. The molecule has 0 aliphatic carbocycles. The maximum absolute atomic E-state index is 11.1. The van der Waals surface area contributed by atoms with Crippen molar-refractivity contribution in [2.75, 3.05) is 17.2 Å². The predicted molar refractivity (Wildman–Crippen MR) is 79.3 cm³/mol. The van der Waals surface area contributed by atoms with Crippen LogP contribution < -0.4 is 10.6 Å². The molecule has 1 aliphatic heterocycles. The van der Waals surface area contributed by atoms with Crippen LogP contribution in [-0.4, -0.2) is 27.6 Å². The van der Waals surface area contributed by atoms with Gasteiger partial charge in [0.15, 0.2) is 0 Å². The molecule has 1 aromatic heterocycles. The van der Waals surface area contributed by atoms with Crippen molar-refractivity contribution in [3.8, 4) is 0 Å². The zero-order chi connectivity index (χ0) is 15.0. The van der Waals surface area contributed by atoms with Gasteiger partial charge in [-0.2, -0.15) is 0 Å². The van der Waals surface area contributed by atoms with Crippen LogP contribution in [0.15, 0.2) is 24.4 Å². The number of rotatable bonds is 2. The molecule has 2 heterocycles. The Morgan fingerprint density at radius 2 is 2.24 bits per heavy atom. The third-order valence-corrected chi connectivity index (χ3v) is 3.75. The van der Waals surface area contributed by atoms with E-state index >= 15 is 0 Å². The molecule has 0 saturated carbocycles. The summed E-state index contributed by atoms with van der Waals surface area (Å²) >= 11 is 0. The van der Waals surface area contributed by atoms with E-state index in [0.717, 1.165) is 35.5 Å². The minimum absolute atomic E-state index is 0.297. The SMILES string of the molecule is Cc1ccc(C(=O)O)cc1N1CCc2nc(N)ncc2C1. The number of carbonyl (C=O) groups is 1. The molecule has 6 heteroatoms. The lowest BCUT2D eigenvalue weighted by Crippen LogP contribution is -2.32. The molecule has 0 unspecified atom stereocenters. The van der Waals surface area contributed by atoms with Crippen molar-refractivity contribution in [2.45, 2.75) is 19.9 Å². The molecule has 6 nitrogen and oxygen atoms in total. The lowest BCUT2D eigenvalue weighted by atomic mass is 10.0. The number of nitrogens with zero attached hydrogens (tertiary/aromatic N) is 3. The zero-order valence-electron chi connectivity index (χ0n) is 11.7. The Bertz CT molecular complexity index is 715. The number of fused-ring (bicyclic) bond motifs is 1. The van der Waals surface area contributed by atoms with E-state index in [4.69, 9.17) is 10.8 Å². The van der Waals surface area contributed by atoms with E-state index < -0.39 is 5.97 Å². The number of hydrogen-bond donors (Lipinski definition) is 2. The molecule has 0 atom stereocenters. The molecular formula is C15H16N4O2. The summed E-state index contributed by atoms with van der Waals surface area (Å²) in [5.41, 5.74) is 9.92. The normalized spacial score (nSPS) is 13.9. The molecule has 2 aromatic rings. The van der Waals surface area contributed by atoms with Gasteiger partial charge in [-0.15, -0.1) is 0 Å². The van der Waals surface area contributed by atoms with E-state index in [1.807, 2.05) is 13.0 Å². The predicted octanol–water partition coefficient (Wildman–Crippen LogP) is 1.63. The Balaban J connectivity index is 1.94. The van der Waals surface area contributed by atoms with Crippen molar-refractivity contribution in [3.05, 3.63) is 46.8 Å². The van der Waals surface area contributed by atoms with Crippen molar-refractivity contribution < 1.29 is 9.90 Å². The summed E-state index contributed by atoms with van der Waals surface area (Å²) in [6.07, 6.45) is 2.53. The van der Waals surface area contributed by atoms with Gasteiger partial charge in [0.05, 0.1) is 11.3 Å². The molecular weight excluding hydrogens is 268 g/mol. The molecule has 0 radical (unpaired) electrons. The van der Waals surface area contributed by atoms with Crippen LogP contribution in [0.4, 0.5) is 11.6 Å². The van der Waals surface area contributed by atoms with Crippen LogP contribution in [0.2, 0.25) is 0 Å². The zero-order valence-corrected chi connectivity index (χ0v) is 11.7. The van der Waals surface area contributed by atoms with E-state index in [1.54, 1.807) is 18.3 Å². The van der Waals surface area contributed by atoms with Crippen molar-refractivity contribution in [1.29, 1.82) is 0 Å². The average Bonchev–Trinajstić information content (AvgIpc) is 2.47. The molecule has 1 aromatic carbocycles. The minimum atomic E-state index is -0.912. The number of anilines is 2. The summed E-state index contributed by atoms with van der Waals surface area (Å²) in [7, 11) is 0. The van der Waals surface area contributed by atoms with E-state index in [2.05, 4.69) is 14.9 Å². The van der Waals surface area contributed by atoms with Crippen LogP contribution in [0.25, 0.3) is 0 Å². The summed E-state index contributed by atoms with van der Waals surface area (Å²) < 4.78 is 0. The van der Waals surface area contributed by atoms with E-state index in [1.165, 1.54) is 0 Å². The second-order valence-corrected chi connectivity index (χ2v) is 5.18. The summed E-state index contributed by atoms with van der Waals surface area (Å²) in [4.78, 5) is 21.6. The summed E-state index contributed by atoms with van der Waals surface area (Å²) in [6, 6.07) is 5.19. The maximum Gasteiger partial charge on any atom is 0.335 e. The van der Waals surface area contributed by atoms with Crippen molar-refractivity contribution in [3.63, 3.8) is 0 Å². The first-order valence-electron chi connectivity index (χ1n) is 6.74. The average molecular weight is 284 g/mol. The quantitative estimate of drug-likeness (QED) is 0.870. The number of hydrogen-bond acceptors (Lipinski definition) is 5. The molecule has 0 spiro atoms. The molecule has 3 N–H and O–H groups in total. The smallest absolute Gasteiger partial charge is 0.335 e. The topological polar surface area (TPSA) is 92.3 Å². The van der Waals surface area contributed by atoms with Gasteiger partial charge in [0.25, 0.3) is 0 Å². The molecule has 0 saturated heterocycles. The van der Waals surface area contributed by atoms with Gasteiger partial charge < -0.3 is 15.7 Å². The monoisotopic (exact) mass is 284 g/mol. The molecule has 3 rings (SSSR count). The van der Waals surface area contributed by atoms with E-state index in [9.17, 15) is 4.79 Å². The van der Waals surface area contributed by atoms with Gasteiger partial charge in [-0.1, -0.05) is 6.07 Å². The Morgan fingerprint density at radius 1 is 1.43 bits per heavy atom. The number of aromatic nitrogens is 2. The third kappa shape index (κ3) is 2.52. The maximum atomic E-state index is 11.1. The highest BCUT2D eigenvalue weighted by Gasteiger charge is 2.20. The number of nitrogens with two attached hydrogens (primary N) is 1. The van der Waals surface area contributed by atoms with Gasteiger partial charge in [0.1, 0.15) is 0 Å². The van der Waals surface area contributed by atoms with Crippen molar-refractivity contribution in [2.24, 2.45) is 0 Å². The van der Waals surface area contributed by atoms with Crippen LogP contribution >= 0.6 is 0 Å². The fourth-order valence-corrected chi connectivity index (χ4v) is 2.62. The first kappa shape index (κ1) is 13.4. The standard InChI is InChI=1S/C15H16N4O2/c1-9-2-3-10(14(20)21)6-13(9)19-5-4-12-11(8-19)7-17-15(16)18-12/h2-3,6-7H,4-5,8H2,1H3,(H,20,21)(H2,16,17,18). The van der Waals surface area contributed by atoms with Gasteiger partial charge in [0.2, 0.25) is 5.95 Å². The summed E-state index contributed by atoms with van der Waals surface area (Å²) in [5.74, 6) is -0.615. The highest BCUT2D eigenvalue weighted by Crippen LogP contribution is 2.27. The van der Waals surface area contributed by atoms with Crippen molar-refractivity contribution >= 4 is 17.6 Å². The van der Waals surface area contributed by atoms with Crippen molar-refractivity contribution in [1.82, 2.24) is 9.97 Å². The van der Waals surface area contributed by atoms with E-state index in [-0.39, 0.29) is 0 Å². The van der Waals surface area contributed by atoms with Gasteiger partial charge in [0, 0.05) is 37.0 Å². The Kier molecular flexibility index (Phi) is 3.21. The van der Waals surface area contributed by atoms with Crippen LogP contribution in [0, 0.1) is 6.92 Å².